The minimum Gasteiger partial charge on any atom is -0.392 e. The van der Waals surface area contributed by atoms with Crippen LogP contribution in [0.4, 0.5) is 0 Å². The van der Waals surface area contributed by atoms with Crippen molar-refractivity contribution in [1.29, 1.82) is 0 Å². The molecule has 0 fully saturated rings. The Hall–Kier alpha value is -0.450. The number of aryl methyl sites for hydroxylation is 1. The first-order valence-corrected chi connectivity index (χ1v) is 5.80. The van der Waals surface area contributed by atoms with Crippen molar-refractivity contribution in [3.8, 4) is 0 Å². The Kier molecular flexibility index (Phi) is 4.51. The van der Waals surface area contributed by atoms with Gasteiger partial charge in [0.1, 0.15) is 0 Å². The van der Waals surface area contributed by atoms with Crippen LogP contribution in [0.25, 0.3) is 0 Å². The fourth-order valence-electron chi connectivity index (χ4n) is 1.12. The number of nitrogens with zero attached hydrogens (tertiary/aromatic N) is 1. The Balaban J connectivity index is 2.22. The molecule has 1 rings (SSSR count). The van der Waals surface area contributed by atoms with Crippen LogP contribution in [0.5, 0.6) is 0 Å². The average molecular weight is 214 g/mol. The largest absolute Gasteiger partial charge is 0.392 e. The molecule has 0 aliphatic carbocycles. The van der Waals surface area contributed by atoms with E-state index in [-0.39, 0.29) is 12.1 Å². The van der Waals surface area contributed by atoms with Crippen LogP contribution in [0, 0.1) is 6.92 Å². The highest BCUT2D eigenvalue weighted by atomic mass is 32.1. The van der Waals surface area contributed by atoms with Crippen molar-refractivity contribution in [2.24, 2.45) is 0 Å². The van der Waals surface area contributed by atoms with Crippen LogP contribution in [-0.2, 0) is 6.42 Å². The van der Waals surface area contributed by atoms with E-state index in [1.807, 2.05) is 13.8 Å². The summed E-state index contributed by atoms with van der Waals surface area (Å²) in [7, 11) is 0. The smallest absolute Gasteiger partial charge is 0.0897 e. The van der Waals surface area contributed by atoms with E-state index in [0.29, 0.717) is 0 Å². The van der Waals surface area contributed by atoms with Crippen LogP contribution in [0.2, 0.25) is 0 Å². The normalized spacial score (nSPS) is 15.4. The van der Waals surface area contributed by atoms with E-state index in [1.54, 1.807) is 18.3 Å². The zero-order chi connectivity index (χ0) is 10.6. The Bertz CT molecular complexity index is 273. The van der Waals surface area contributed by atoms with Gasteiger partial charge < -0.3 is 10.4 Å². The highest BCUT2D eigenvalue weighted by Gasteiger charge is 2.07. The number of rotatable bonds is 5. The van der Waals surface area contributed by atoms with E-state index in [4.69, 9.17) is 0 Å². The molecule has 2 N–H and O–H groups in total. The van der Waals surface area contributed by atoms with Gasteiger partial charge in [-0.25, -0.2) is 4.98 Å². The maximum Gasteiger partial charge on any atom is 0.0897 e. The van der Waals surface area contributed by atoms with Gasteiger partial charge in [-0.2, -0.15) is 0 Å². The van der Waals surface area contributed by atoms with Crippen molar-refractivity contribution in [2.45, 2.75) is 39.3 Å². The molecule has 0 spiro atoms. The van der Waals surface area contributed by atoms with Crippen molar-refractivity contribution in [1.82, 2.24) is 10.3 Å². The monoisotopic (exact) mass is 214 g/mol. The number of hydrogen-bond acceptors (Lipinski definition) is 4. The molecule has 2 unspecified atom stereocenters. The molecule has 80 valence electrons. The SMILES string of the molecule is Cc1nc(CCNC(C)C(C)O)cs1. The molecule has 4 heteroatoms. The van der Waals surface area contributed by atoms with E-state index in [1.165, 1.54) is 0 Å². The third-order valence-electron chi connectivity index (χ3n) is 2.24. The summed E-state index contributed by atoms with van der Waals surface area (Å²) in [6.45, 7) is 6.66. The molecule has 0 amide bonds. The molecule has 1 aromatic rings. The summed E-state index contributed by atoms with van der Waals surface area (Å²) >= 11 is 1.68. The van der Waals surface area contributed by atoms with Gasteiger partial charge in [-0.05, 0) is 20.8 Å². The van der Waals surface area contributed by atoms with E-state index in [9.17, 15) is 5.11 Å². The predicted molar refractivity (Wildman–Crippen MR) is 59.7 cm³/mol. The molecule has 0 aliphatic heterocycles. The van der Waals surface area contributed by atoms with Gasteiger partial charge in [0, 0.05) is 24.4 Å². The molecular formula is C10H18N2OS. The number of nitrogens with one attached hydrogen (secondary N) is 1. The number of aromatic nitrogens is 1. The summed E-state index contributed by atoms with van der Waals surface area (Å²) < 4.78 is 0. The quantitative estimate of drug-likeness (QED) is 0.778. The first-order chi connectivity index (χ1) is 6.59. The molecule has 0 saturated carbocycles. The first-order valence-electron chi connectivity index (χ1n) is 4.92. The molecule has 1 aromatic heterocycles. The van der Waals surface area contributed by atoms with Crippen LogP contribution >= 0.6 is 11.3 Å². The van der Waals surface area contributed by atoms with Gasteiger partial charge in [-0.1, -0.05) is 0 Å². The van der Waals surface area contributed by atoms with Crippen molar-refractivity contribution in [3.63, 3.8) is 0 Å². The molecule has 0 bridgehead atoms. The van der Waals surface area contributed by atoms with Gasteiger partial charge >= 0.3 is 0 Å². The van der Waals surface area contributed by atoms with Crippen LogP contribution in [0.15, 0.2) is 5.38 Å². The third-order valence-corrected chi connectivity index (χ3v) is 3.06. The van der Waals surface area contributed by atoms with E-state index < -0.39 is 0 Å². The standard InChI is InChI=1S/C10H18N2OS/c1-7(8(2)13)11-5-4-10-6-14-9(3)12-10/h6-8,11,13H,4-5H2,1-3H3. The summed E-state index contributed by atoms with van der Waals surface area (Å²) in [5.41, 5.74) is 1.14. The summed E-state index contributed by atoms with van der Waals surface area (Å²) in [6.07, 6.45) is 0.633. The fraction of sp³-hybridized carbons (Fsp3) is 0.700. The minimum atomic E-state index is -0.299. The molecule has 3 nitrogen and oxygen atoms in total. The summed E-state index contributed by atoms with van der Waals surface area (Å²) in [5.74, 6) is 0. The molecule has 0 radical (unpaired) electrons. The fourth-order valence-corrected chi connectivity index (χ4v) is 1.77. The number of aliphatic hydroxyl groups excluding tert-OH is 1. The highest BCUT2D eigenvalue weighted by molar-refractivity contribution is 7.09. The second-order valence-electron chi connectivity index (χ2n) is 3.59. The average Bonchev–Trinajstić information content (AvgIpc) is 2.51. The predicted octanol–water partition coefficient (Wildman–Crippen LogP) is 1.35. The lowest BCUT2D eigenvalue weighted by molar-refractivity contribution is 0.153. The summed E-state index contributed by atoms with van der Waals surface area (Å²) in [6, 6.07) is 0.148. The van der Waals surface area contributed by atoms with E-state index in [0.717, 1.165) is 23.7 Å². The lowest BCUT2D eigenvalue weighted by atomic mass is 10.2. The Morgan fingerprint density at radius 2 is 2.29 bits per heavy atom. The molecule has 1 heterocycles. The van der Waals surface area contributed by atoms with Gasteiger partial charge in [0.2, 0.25) is 0 Å². The Morgan fingerprint density at radius 1 is 1.57 bits per heavy atom. The molecule has 0 aliphatic rings. The molecular weight excluding hydrogens is 196 g/mol. The molecule has 0 aromatic carbocycles. The summed E-state index contributed by atoms with van der Waals surface area (Å²) in [4.78, 5) is 4.37. The van der Waals surface area contributed by atoms with Crippen molar-refractivity contribution < 1.29 is 5.11 Å². The lowest BCUT2D eigenvalue weighted by Gasteiger charge is -2.15. The van der Waals surface area contributed by atoms with Crippen molar-refractivity contribution in [2.75, 3.05) is 6.54 Å². The van der Waals surface area contributed by atoms with Crippen LogP contribution < -0.4 is 5.32 Å². The van der Waals surface area contributed by atoms with Gasteiger partial charge in [0.05, 0.1) is 16.8 Å². The van der Waals surface area contributed by atoms with Gasteiger partial charge in [-0.15, -0.1) is 11.3 Å². The van der Waals surface area contributed by atoms with E-state index >= 15 is 0 Å². The van der Waals surface area contributed by atoms with Crippen molar-refractivity contribution >= 4 is 11.3 Å². The minimum absolute atomic E-state index is 0.148. The molecule has 0 saturated heterocycles. The van der Waals surface area contributed by atoms with Crippen LogP contribution in [0.1, 0.15) is 24.5 Å². The van der Waals surface area contributed by atoms with Crippen LogP contribution in [-0.4, -0.2) is 28.8 Å². The summed E-state index contributed by atoms with van der Waals surface area (Å²) in [5, 5.41) is 15.7. The lowest BCUT2D eigenvalue weighted by Crippen LogP contribution is -2.36. The maximum atomic E-state index is 9.25. The van der Waals surface area contributed by atoms with E-state index in [2.05, 4.69) is 15.7 Å². The number of aliphatic hydroxyl groups is 1. The Labute approximate surface area is 89.2 Å². The maximum absolute atomic E-state index is 9.25. The second kappa shape index (κ2) is 5.44. The topological polar surface area (TPSA) is 45.2 Å². The van der Waals surface area contributed by atoms with Gasteiger partial charge in [0.15, 0.2) is 0 Å². The highest BCUT2D eigenvalue weighted by Crippen LogP contribution is 2.07. The second-order valence-corrected chi connectivity index (χ2v) is 4.65. The first kappa shape index (κ1) is 11.6. The van der Waals surface area contributed by atoms with Crippen LogP contribution in [0.3, 0.4) is 0 Å². The molecule has 2 atom stereocenters. The Morgan fingerprint density at radius 3 is 2.79 bits per heavy atom. The molecule has 14 heavy (non-hydrogen) atoms. The zero-order valence-electron chi connectivity index (χ0n) is 8.95. The van der Waals surface area contributed by atoms with Gasteiger partial charge in [0.25, 0.3) is 0 Å². The van der Waals surface area contributed by atoms with Gasteiger partial charge in [-0.3, -0.25) is 0 Å². The van der Waals surface area contributed by atoms with Crippen molar-refractivity contribution in [3.05, 3.63) is 16.1 Å². The zero-order valence-corrected chi connectivity index (χ0v) is 9.77. The third kappa shape index (κ3) is 3.74. The number of hydrogen-bond donors (Lipinski definition) is 2. The number of thiazole rings is 1.